The lowest BCUT2D eigenvalue weighted by Gasteiger charge is -2.21. The van der Waals surface area contributed by atoms with Crippen molar-refractivity contribution in [1.82, 2.24) is 10.6 Å². The van der Waals surface area contributed by atoms with Gasteiger partial charge >= 0.3 is 0 Å². The summed E-state index contributed by atoms with van der Waals surface area (Å²) in [6, 6.07) is 7.56. The Hall–Kier alpha value is -2.01. The lowest BCUT2D eigenvalue weighted by Crippen LogP contribution is -2.42. The van der Waals surface area contributed by atoms with Gasteiger partial charge in [-0.05, 0) is 50.3 Å². The molecule has 5 heteroatoms. The second kappa shape index (κ2) is 4.99. The fraction of sp³-hybridized carbons (Fsp3) is 0.500. The minimum Gasteiger partial charge on any atom is -0.462 e. The second-order valence-electron chi connectivity index (χ2n) is 7.14. The Balaban J connectivity index is 1.37. The lowest BCUT2D eigenvalue weighted by atomic mass is 9.95. The SMILES string of the molecule is O=C(N[C@@H]1C[C@H]2CC[C@@H]1N2)c1ccc2occ(NC3CC3)c2c1. The zero-order chi connectivity index (χ0) is 15.4. The van der Waals surface area contributed by atoms with E-state index >= 15 is 0 Å². The van der Waals surface area contributed by atoms with Crippen LogP contribution in [0.25, 0.3) is 11.0 Å². The molecule has 120 valence electrons. The molecule has 1 saturated carbocycles. The van der Waals surface area contributed by atoms with Gasteiger partial charge in [0.2, 0.25) is 0 Å². The predicted octanol–water partition coefficient (Wildman–Crippen LogP) is 2.63. The number of hydrogen-bond donors (Lipinski definition) is 3. The third kappa shape index (κ3) is 2.39. The maximum Gasteiger partial charge on any atom is 0.251 e. The molecule has 0 spiro atoms. The number of hydrogen-bond acceptors (Lipinski definition) is 4. The van der Waals surface area contributed by atoms with Gasteiger partial charge in [-0.25, -0.2) is 0 Å². The molecule has 2 bridgehead atoms. The van der Waals surface area contributed by atoms with Crippen molar-refractivity contribution in [2.75, 3.05) is 5.32 Å². The first-order valence-corrected chi connectivity index (χ1v) is 8.61. The monoisotopic (exact) mass is 311 g/mol. The fourth-order valence-corrected chi connectivity index (χ4v) is 3.97. The smallest absolute Gasteiger partial charge is 0.251 e. The fourth-order valence-electron chi connectivity index (χ4n) is 3.97. The second-order valence-corrected chi connectivity index (χ2v) is 7.14. The Labute approximate surface area is 134 Å². The van der Waals surface area contributed by atoms with Crippen LogP contribution >= 0.6 is 0 Å². The molecular weight excluding hydrogens is 290 g/mol. The lowest BCUT2D eigenvalue weighted by molar-refractivity contribution is 0.0931. The highest BCUT2D eigenvalue weighted by molar-refractivity contribution is 6.01. The van der Waals surface area contributed by atoms with Crippen LogP contribution in [0.2, 0.25) is 0 Å². The number of benzene rings is 1. The van der Waals surface area contributed by atoms with E-state index in [1.807, 2.05) is 18.2 Å². The third-order valence-corrected chi connectivity index (χ3v) is 5.39. The number of furan rings is 1. The first kappa shape index (κ1) is 13.4. The van der Waals surface area contributed by atoms with E-state index in [1.54, 1.807) is 6.26 Å². The summed E-state index contributed by atoms with van der Waals surface area (Å²) in [5.74, 6) is 0.0184. The van der Waals surface area contributed by atoms with Crippen molar-refractivity contribution in [3.8, 4) is 0 Å². The van der Waals surface area contributed by atoms with E-state index in [0.717, 1.165) is 23.1 Å². The molecule has 3 N–H and O–H groups in total. The molecule has 1 amide bonds. The van der Waals surface area contributed by atoms with Crippen molar-refractivity contribution in [3.63, 3.8) is 0 Å². The van der Waals surface area contributed by atoms with Crippen LogP contribution in [0.3, 0.4) is 0 Å². The van der Waals surface area contributed by atoms with Crippen LogP contribution in [0, 0.1) is 0 Å². The van der Waals surface area contributed by atoms with Crippen molar-refractivity contribution in [1.29, 1.82) is 0 Å². The molecule has 1 aromatic carbocycles. The van der Waals surface area contributed by atoms with Crippen LogP contribution in [-0.4, -0.2) is 30.1 Å². The van der Waals surface area contributed by atoms with Gasteiger partial charge in [-0.3, -0.25) is 4.79 Å². The van der Waals surface area contributed by atoms with Gasteiger partial charge < -0.3 is 20.4 Å². The molecule has 0 unspecified atom stereocenters. The van der Waals surface area contributed by atoms with Gasteiger partial charge in [0.25, 0.3) is 5.91 Å². The van der Waals surface area contributed by atoms with Crippen LogP contribution < -0.4 is 16.0 Å². The minimum absolute atomic E-state index is 0.0184. The summed E-state index contributed by atoms with van der Waals surface area (Å²) in [5.41, 5.74) is 2.53. The van der Waals surface area contributed by atoms with Gasteiger partial charge in [-0.2, -0.15) is 0 Å². The summed E-state index contributed by atoms with van der Waals surface area (Å²) >= 11 is 0. The molecule has 2 saturated heterocycles. The van der Waals surface area contributed by atoms with Crippen LogP contribution in [-0.2, 0) is 0 Å². The molecule has 1 aliphatic carbocycles. The maximum atomic E-state index is 12.6. The largest absolute Gasteiger partial charge is 0.462 e. The van der Waals surface area contributed by atoms with Gasteiger partial charge in [0.15, 0.2) is 0 Å². The average molecular weight is 311 g/mol. The summed E-state index contributed by atoms with van der Waals surface area (Å²) in [6.45, 7) is 0. The predicted molar refractivity (Wildman–Crippen MR) is 88.7 cm³/mol. The number of carbonyl (C=O) groups is 1. The van der Waals surface area contributed by atoms with Crippen LogP contribution in [0.4, 0.5) is 5.69 Å². The van der Waals surface area contributed by atoms with Crippen molar-refractivity contribution < 1.29 is 9.21 Å². The highest BCUT2D eigenvalue weighted by Crippen LogP contribution is 2.32. The normalized spacial score (nSPS) is 29.1. The van der Waals surface area contributed by atoms with Gasteiger partial charge in [0, 0.05) is 35.1 Å². The van der Waals surface area contributed by atoms with Crippen molar-refractivity contribution in [2.45, 2.75) is 56.3 Å². The molecule has 3 heterocycles. The van der Waals surface area contributed by atoms with E-state index in [9.17, 15) is 4.79 Å². The number of amides is 1. The number of carbonyl (C=O) groups excluding carboxylic acids is 1. The molecule has 23 heavy (non-hydrogen) atoms. The van der Waals surface area contributed by atoms with Crippen molar-refractivity contribution >= 4 is 22.6 Å². The molecule has 3 atom stereocenters. The van der Waals surface area contributed by atoms with Crippen LogP contribution in [0.15, 0.2) is 28.9 Å². The van der Waals surface area contributed by atoms with Crippen molar-refractivity contribution in [3.05, 3.63) is 30.0 Å². The molecule has 2 aliphatic heterocycles. The molecule has 3 fully saturated rings. The van der Waals surface area contributed by atoms with E-state index in [0.29, 0.717) is 23.7 Å². The van der Waals surface area contributed by atoms with Gasteiger partial charge in [-0.1, -0.05) is 0 Å². The van der Waals surface area contributed by atoms with E-state index in [4.69, 9.17) is 4.42 Å². The summed E-state index contributed by atoms with van der Waals surface area (Å²) < 4.78 is 5.58. The molecule has 0 radical (unpaired) electrons. The Kier molecular flexibility index (Phi) is 2.92. The molecule has 5 rings (SSSR count). The van der Waals surface area contributed by atoms with Crippen LogP contribution in [0.1, 0.15) is 42.5 Å². The summed E-state index contributed by atoms with van der Waals surface area (Å²) in [4.78, 5) is 12.6. The summed E-state index contributed by atoms with van der Waals surface area (Å²) in [5, 5.41) is 11.2. The van der Waals surface area contributed by atoms with Gasteiger partial charge in [-0.15, -0.1) is 0 Å². The Bertz CT molecular complexity index is 765. The van der Waals surface area contributed by atoms with Crippen LogP contribution in [0.5, 0.6) is 0 Å². The van der Waals surface area contributed by atoms with Crippen molar-refractivity contribution in [2.24, 2.45) is 0 Å². The molecule has 3 aliphatic rings. The minimum atomic E-state index is 0.0184. The number of anilines is 1. The van der Waals surface area contributed by atoms with E-state index in [2.05, 4.69) is 16.0 Å². The highest BCUT2D eigenvalue weighted by atomic mass is 16.3. The summed E-state index contributed by atoms with van der Waals surface area (Å²) in [7, 11) is 0. The molecular formula is C18H21N3O2. The Morgan fingerprint density at radius 2 is 2.13 bits per heavy atom. The zero-order valence-electron chi connectivity index (χ0n) is 13.0. The quantitative estimate of drug-likeness (QED) is 0.812. The van der Waals surface area contributed by atoms with E-state index < -0.39 is 0 Å². The zero-order valence-corrected chi connectivity index (χ0v) is 13.0. The van der Waals surface area contributed by atoms with E-state index in [1.165, 1.54) is 25.7 Å². The van der Waals surface area contributed by atoms with Gasteiger partial charge in [0.05, 0.1) is 5.69 Å². The summed E-state index contributed by atoms with van der Waals surface area (Å²) in [6.07, 6.45) is 7.65. The molecule has 1 aromatic heterocycles. The average Bonchev–Trinajstić information content (AvgIpc) is 2.96. The van der Waals surface area contributed by atoms with E-state index in [-0.39, 0.29) is 11.9 Å². The third-order valence-electron chi connectivity index (χ3n) is 5.39. The highest BCUT2D eigenvalue weighted by Gasteiger charge is 2.39. The number of fused-ring (bicyclic) bond motifs is 3. The number of nitrogens with one attached hydrogen (secondary N) is 3. The molecule has 5 nitrogen and oxygen atoms in total. The molecule has 2 aromatic rings. The standard InChI is InChI=1S/C18H21N3O2/c22-18(21-15-8-12-4-5-14(15)20-12)10-1-6-17-13(7-10)16(9-23-17)19-11-2-3-11/h1,6-7,9,11-12,14-15,19-20H,2-5,8H2,(H,21,22)/t12-,14+,15-/m1/s1. The Morgan fingerprint density at radius 1 is 1.22 bits per heavy atom. The first-order chi connectivity index (χ1) is 11.3. The number of rotatable bonds is 4. The first-order valence-electron chi connectivity index (χ1n) is 8.61. The maximum absolute atomic E-state index is 12.6. The topological polar surface area (TPSA) is 66.3 Å². The van der Waals surface area contributed by atoms with Gasteiger partial charge in [0.1, 0.15) is 11.8 Å². The Morgan fingerprint density at radius 3 is 2.87 bits per heavy atom.